The summed E-state index contributed by atoms with van der Waals surface area (Å²) >= 11 is 0. The minimum Gasteiger partial charge on any atom is -0.308 e. The van der Waals surface area contributed by atoms with Gasteiger partial charge in [0.15, 0.2) is 17.5 Å². The molecule has 11 aromatic rings. The van der Waals surface area contributed by atoms with Gasteiger partial charge in [-0.05, 0) is 68.1 Å². The van der Waals surface area contributed by atoms with Crippen molar-refractivity contribution in [2.45, 2.75) is 0 Å². The van der Waals surface area contributed by atoms with Gasteiger partial charge in [0.05, 0.1) is 22.3 Å². The Balaban J connectivity index is 1.27. The van der Waals surface area contributed by atoms with Gasteiger partial charge >= 0.3 is 0 Å². The Kier molecular flexibility index (Phi) is 7.78. The largest absolute Gasteiger partial charge is 0.308 e. The summed E-state index contributed by atoms with van der Waals surface area (Å²) in [6, 6.07) is 72.8. The third kappa shape index (κ3) is 5.58. The Hall–Kier alpha value is -7.69. The Morgan fingerprint density at radius 3 is 1.51 bits per heavy atom. The smallest absolute Gasteiger partial charge is 0.166 e. The first kappa shape index (κ1) is 32.7. The van der Waals surface area contributed by atoms with Crippen LogP contribution in [-0.4, -0.2) is 19.5 Å². The monoisotopic (exact) mass is 726 g/mol. The summed E-state index contributed by atoms with van der Waals surface area (Å²) in [7, 11) is 0. The molecule has 0 saturated carbocycles. The lowest BCUT2D eigenvalue weighted by atomic mass is 9.90. The van der Waals surface area contributed by atoms with Crippen LogP contribution in [0.25, 0.3) is 105 Å². The van der Waals surface area contributed by atoms with Gasteiger partial charge < -0.3 is 4.57 Å². The van der Waals surface area contributed by atoms with Crippen molar-refractivity contribution in [3.05, 3.63) is 206 Å². The standard InChI is InChI=1S/C53H34N4/c1-3-17-35(18-4-1)38-23-15-24-39(33-38)52-54-51(37-20-5-2-6-21-37)55-53(56-52)50-45-29-10-9-26-42(45)46(41-30-16-22-36-19-7-8-25-40(36)41)34-49(50)57-47-31-13-11-27-43(47)44-28-12-14-32-48(44)57/h1-34H. The highest BCUT2D eigenvalue weighted by molar-refractivity contribution is 6.14. The number of hydrogen-bond acceptors (Lipinski definition) is 3. The molecule has 4 heteroatoms. The highest BCUT2D eigenvalue weighted by Gasteiger charge is 2.24. The van der Waals surface area contributed by atoms with Gasteiger partial charge in [0.2, 0.25) is 0 Å². The van der Waals surface area contributed by atoms with Crippen molar-refractivity contribution in [3.63, 3.8) is 0 Å². The van der Waals surface area contributed by atoms with E-state index in [-0.39, 0.29) is 0 Å². The van der Waals surface area contributed by atoms with Gasteiger partial charge in [-0.3, -0.25) is 0 Å². The number of hydrogen-bond donors (Lipinski definition) is 0. The molecule has 0 aliphatic heterocycles. The van der Waals surface area contributed by atoms with E-state index in [2.05, 4.69) is 187 Å². The predicted octanol–water partition coefficient (Wildman–Crippen LogP) is 13.6. The summed E-state index contributed by atoms with van der Waals surface area (Å²) < 4.78 is 2.41. The molecular formula is C53H34N4. The van der Waals surface area contributed by atoms with Crippen LogP contribution in [0.3, 0.4) is 0 Å². The second kappa shape index (κ2) is 13.6. The van der Waals surface area contributed by atoms with Crippen LogP contribution in [0.2, 0.25) is 0 Å². The normalized spacial score (nSPS) is 11.5. The van der Waals surface area contributed by atoms with Crippen molar-refractivity contribution in [1.29, 1.82) is 0 Å². The fourth-order valence-electron chi connectivity index (χ4n) is 8.44. The van der Waals surface area contributed by atoms with Crippen LogP contribution in [0, 0.1) is 0 Å². The zero-order valence-electron chi connectivity index (χ0n) is 30.9. The van der Waals surface area contributed by atoms with Crippen molar-refractivity contribution < 1.29 is 0 Å². The van der Waals surface area contributed by atoms with Crippen molar-refractivity contribution in [2.24, 2.45) is 0 Å². The van der Waals surface area contributed by atoms with E-state index >= 15 is 0 Å². The molecule has 266 valence electrons. The summed E-state index contributed by atoms with van der Waals surface area (Å²) in [5, 5.41) is 6.99. The van der Waals surface area contributed by atoms with Crippen molar-refractivity contribution in [2.75, 3.05) is 0 Å². The fraction of sp³-hybridized carbons (Fsp3) is 0. The van der Waals surface area contributed by atoms with E-state index in [1.807, 2.05) is 24.3 Å². The van der Waals surface area contributed by atoms with Gasteiger partial charge in [0.25, 0.3) is 0 Å². The third-order valence-electron chi connectivity index (χ3n) is 11.0. The second-order valence-electron chi connectivity index (χ2n) is 14.4. The maximum absolute atomic E-state index is 5.43. The molecular weight excluding hydrogens is 693 g/mol. The average molecular weight is 727 g/mol. The summed E-state index contributed by atoms with van der Waals surface area (Å²) in [6.07, 6.45) is 0. The lowest BCUT2D eigenvalue weighted by Gasteiger charge is -2.20. The molecule has 0 saturated heterocycles. The molecule has 2 aromatic heterocycles. The Labute approximate surface area is 330 Å². The van der Waals surface area contributed by atoms with E-state index in [9.17, 15) is 0 Å². The Morgan fingerprint density at radius 1 is 0.298 bits per heavy atom. The predicted molar refractivity (Wildman–Crippen MR) is 236 cm³/mol. The average Bonchev–Trinajstić information content (AvgIpc) is 3.63. The van der Waals surface area contributed by atoms with E-state index in [1.165, 1.54) is 27.1 Å². The first-order valence-electron chi connectivity index (χ1n) is 19.3. The lowest BCUT2D eigenvalue weighted by molar-refractivity contribution is 1.07. The van der Waals surface area contributed by atoms with E-state index in [0.29, 0.717) is 17.5 Å². The highest BCUT2D eigenvalue weighted by Crippen LogP contribution is 2.44. The molecule has 0 radical (unpaired) electrons. The third-order valence-corrected chi connectivity index (χ3v) is 11.0. The second-order valence-corrected chi connectivity index (χ2v) is 14.4. The number of fused-ring (bicyclic) bond motifs is 5. The van der Waals surface area contributed by atoms with Crippen molar-refractivity contribution in [3.8, 4) is 62.1 Å². The van der Waals surface area contributed by atoms with E-state index in [4.69, 9.17) is 15.0 Å². The molecule has 11 rings (SSSR count). The lowest BCUT2D eigenvalue weighted by Crippen LogP contribution is -2.05. The Morgan fingerprint density at radius 2 is 0.789 bits per heavy atom. The van der Waals surface area contributed by atoms with E-state index in [1.54, 1.807) is 0 Å². The highest BCUT2D eigenvalue weighted by atomic mass is 15.1. The van der Waals surface area contributed by atoms with Crippen molar-refractivity contribution in [1.82, 2.24) is 19.5 Å². The maximum atomic E-state index is 5.43. The van der Waals surface area contributed by atoms with Crippen molar-refractivity contribution >= 4 is 43.4 Å². The van der Waals surface area contributed by atoms with Crippen LogP contribution >= 0.6 is 0 Å². The fourth-order valence-corrected chi connectivity index (χ4v) is 8.44. The van der Waals surface area contributed by atoms with Crippen LogP contribution in [0.15, 0.2) is 206 Å². The summed E-state index contributed by atoms with van der Waals surface area (Å²) in [6.45, 7) is 0. The first-order chi connectivity index (χ1) is 28.3. The maximum Gasteiger partial charge on any atom is 0.166 e. The summed E-state index contributed by atoms with van der Waals surface area (Å²) in [4.78, 5) is 16.0. The molecule has 57 heavy (non-hydrogen) atoms. The molecule has 4 nitrogen and oxygen atoms in total. The minimum atomic E-state index is 0.612. The summed E-state index contributed by atoms with van der Waals surface area (Å²) in [5.41, 5.74) is 10.6. The van der Waals surface area contributed by atoms with Gasteiger partial charge in [-0.1, -0.05) is 182 Å². The number of aromatic nitrogens is 4. The molecule has 0 aliphatic carbocycles. The molecule has 0 bridgehead atoms. The number of benzene rings is 9. The van der Waals surface area contributed by atoms with Gasteiger partial charge in [0, 0.05) is 21.9 Å². The number of rotatable bonds is 6. The minimum absolute atomic E-state index is 0.612. The molecule has 0 fully saturated rings. The molecule has 0 unspecified atom stereocenters. The van der Waals surface area contributed by atoms with Gasteiger partial charge in [-0.2, -0.15) is 0 Å². The Bertz CT molecular complexity index is 3230. The van der Waals surface area contributed by atoms with Crippen LogP contribution in [0.5, 0.6) is 0 Å². The zero-order chi connectivity index (χ0) is 37.7. The van der Waals surface area contributed by atoms with Gasteiger partial charge in [0.1, 0.15) is 0 Å². The first-order valence-corrected chi connectivity index (χ1v) is 19.3. The molecule has 9 aromatic carbocycles. The molecule has 0 amide bonds. The quantitative estimate of drug-likeness (QED) is 0.171. The molecule has 0 atom stereocenters. The van der Waals surface area contributed by atoms with Crippen LogP contribution < -0.4 is 0 Å². The van der Waals surface area contributed by atoms with E-state index < -0.39 is 0 Å². The van der Waals surface area contributed by atoms with Gasteiger partial charge in [-0.15, -0.1) is 0 Å². The molecule has 0 aliphatic rings. The van der Waals surface area contributed by atoms with Crippen LogP contribution in [0.4, 0.5) is 0 Å². The topological polar surface area (TPSA) is 43.6 Å². The van der Waals surface area contributed by atoms with E-state index in [0.717, 1.165) is 60.9 Å². The molecule has 2 heterocycles. The van der Waals surface area contributed by atoms with Crippen LogP contribution in [0.1, 0.15) is 0 Å². The summed E-state index contributed by atoms with van der Waals surface area (Å²) in [5.74, 6) is 1.85. The SMILES string of the molecule is c1ccc(-c2cccc(-c3nc(-c4ccccc4)nc(-c4c(-n5c6ccccc6c6ccccc65)cc(-c5cccc6ccccc56)c5ccccc45)n3)c2)cc1. The molecule has 0 spiro atoms. The number of nitrogens with zero attached hydrogens (tertiary/aromatic N) is 4. The zero-order valence-corrected chi connectivity index (χ0v) is 30.9. The number of para-hydroxylation sites is 2. The van der Waals surface area contributed by atoms with Crippen LogP contribution in [-0.2, 0) is 0 Å². The molecule has 0 N–H and O–H groups in total. The van der Waals surface area contributed by atoms with Gasteiger partial charge in [-0.25, -0.2) is 15.0 Å².